The third-order valence-electron chi connectivity index (χ3n) is 5.12. The summed E-state index contributed by atoms with van der Waals surface area (Å²) in [6, 6.07) is 8.30. The average molecular weight is 360 g/mol. The first-order chi connectivity index (χ1) is 12.5. The van der Waals surface area contributed by atoms with E-state index >= 15 is 0 Å². The molecule has 2 aromatic carbocycles. The quantitative estimate of drug-likeness (QED) is 0.872. The molecule has 26 heavy (non-hydrogen) atoms. The van der Waals surface area contributed by atoms with E-state index in [1.807, 2.05) is 6.92 Å². The van der Waals surface area contributed by atoms with Crippen LogP contribution in [0.15, 0.2) is 36.4 Å². The molecule has 1 aliphatic heterocycles. The summed E-state index contributed by atoms with van der Waals surface area (Å²) in [6.45, 7) is 2.42. The molecule has 2 unspecified atom stereocenters. The van der Waals surface area contributed by atoms with Crippen molar-refractivity contribution < 1.29 is 23.0 Å². The van der Waals surface area contributed by atoms with Crippen LogP contribution in [-0.2, 0) is 5.41 Å². The van der Waals surface area contributed by atoms with Gasteiger partial charge in [0.25, 0.3) is 0 Å². The highest BCUT2D eigenvalue weighted by atomic mass is 19.1. The van der Waals surface area contributed by atoms with Crippen molar-refractivity contribution in [3.8, 4) is 11.5 Å². The lowest BCUT2D eigenvalue weighted by Crippen LogP contribution is -2.36. The minimum absolute atomic E-state index is 0.161. The second kappa shape index (κ2) is 6.16. The van der Waals surface area contributed by atoms with Gasteiger partial charge in [-0.15, -0.1) is 0 Å². The molecule has 2 N–H and O–H groups in total. The predicted octanol–water partition coefficient (Wildman–Crippen LogP) is 3.79. The maximum absolute atomic E-state index is 14.2. The summed E-state index contributed by atoms with van der Waals surface area (Å²) < 4.78 is 37.8. The van der Waals surface area contributed by atoms with Crippen LogP contribution in [0, 0.1) is 17.6 Å². The number of ether oxygens (including phenoxy) is 2. The van der Waals surface area contributed by atoms with Gasteiger partial charge in [0.05, 0.1) is 0 Å². The lowest BCUT2D eigenvalue weighted by atomic mass is 9.93. The molecule has 1 aliphatic carbocycles. The van der Waals surface area contributed by atoms with E-state index in [-0.39, 0.29) is 19.3 Å². The number of nitrogens with one attached hydrogen (secondary N) is 2. The second-order valence-electron chi connectivity index (χ2n) is 6.76. The molecular weight excluding hydrogens is 342 g/mol. The van der Waals surface area contributed by atoms with Crippen LogP contribution in [0.25, 0.3) is 0 Å². The largest absolute Gasteiger partial charge is 0.454 e. The smallest absolute Gasteiger partial charge is 0.319 e. The van der Waals surface area contributed by atoms with Gasteiger partial charge in [-0.2, -0.15) is 0 Å². The predicted molar refractivity (Wildman–Crippen MR) is 91.4 cm³/mol. The standard InChI is InChI=1S/C19H18F2N2O3/c1-11-8-19(11,14-4-2-12(20)6-15(14)21)9-22-18(24)23-13-3-5-16-17(7-13)26-10-25-16/h2-7,11H,8-10H2,1H3,(H2,22,23,24). The fourth-order valence-corrected chi connectivity index (χ4v) is 3.49. The first-order valence-electron chi connectivity index (χ1n) is 8.38. The summed E-state index contributed by atoms with van der Waals surface area (Å²) in [6.07, 6.45) is 0.736. The van der Waals surface area contributed by atoms with E-state index in [0.29, 0.717) is 22.7 Å². The van der Waals surface area contributed by atoms with Crippen molar-refractivity contribution in [3.63, 3.8) is 0 Å². The zero-order valence-corrected chi connectivity index (χ0v) is 14.1. The summed E-state index contributed by atoms with van der Waals surface area (Å²) in [5.41, 5.74) is 0.511. The maximum atomic E-state index is 14.2. The average Bonchev–Trinajstić information content (AvgIpc) is 3.02. The van der Waals surface area contributed by atoms with Crippen molar-refractivity contribution in [2.45, 2.75) is 18.8 Å². The molecule has 2 aromatic rings. The van der Waals surface area contributed by atoms with Gasteiger partial charge in [0.2, 0.25) is 6.79 Å². The van der Waals surface area contributed by atoms with E-state index in [0.717, 1.165) is 12.5 Å². The Bertz CT molecular complexity index is 874. The number of anilines is 1. The topological polar surface area (TPSA) is 59.6 Å². The van der Waals surface area contributed by atoms with Crippen molar-refractivity contribution in [1.82, 2.24) is 5.32 Å². The number of urea groups is 1. The van der Waals surface area contributed by atoms with Crippen LogP contribution in [0.3, 0.4) is 0 Å². The lowest BCUT2D eigenvalue weighted by molar-refractivity contribution is 0.174. The van der Waals surface area contributed by atoms with E-state index in [1.54, 1.807) is 18.2 Å². The van der Waals surface area contributed by atoms with Gasteiger partial charge < -0.3 is 20.1 Å². The highest BCUT2D eigenvalue weighted by Gasteiger charge is 2.53. The molecule has 0 saturated heterocycles. The molecule has 5 nitrogen and oxygen atoms in total. The molecule has 0 spiro atoms. The monoisotopic (exact) mass is 360 g/mol. The SMILES string of the molecule is CC1CC1(CNC(=O)Nc1ccc2c(c1)OCO2)c1ccc(F)cc1F. The first-order valence-corrected chi connectivity index (χ1v) is 8.38. The fourth-order valence-electron chi connectivity index (χ4n) is 3.49. The molecule has 7 heteroatoms. The molecule has 0 bridgehead atoms. The Morgan fingerprint density at radius 1 is 1.19 bits per heavy atom. The van der Waals surface area contributed by atoms with Crippen molar-refractivity contribution in [2.24, 2.45) is 5.92 Å². The van der Waals surface area contributed by atoms with E-state index in [1.165, 1.54) is 12.1 Å². The molecular formula is C19H18F2N2O3. The third kappa shape index (κ3) is 2.94. The number of carbonyl (C=O) groups is 1. The van der Waals surface area contributed by atoms with Crippen molar-refractivity contribution in [2.75, 3.05) is 18.7 Å². The van der Waals surface area contributed by atoms with E-state index in [9.17, 15) is 13.6 Å². The second-order valence-corrected chi connectivity index (χ2v) is 6.76. The minimum atomic E-state index is -0.608. The Morgan fingerprint density at radius 2 is 1.96 bits per heavy atom. The minimum Gasteiger partial charge on any atom is -0.454 e. The molecule has 1 saturated carbocycles. The number of benzene rings is 2. The summed E-state index contributed by atoms with van der Waals surface area (Å²) in [5, 5.41) is 5.51. The Labute approximate surface area is 149 Å². The van der Waals surface area contributed by atoms with Gasteiger partial charge in [0, 0.05) is 29.8 Å². The first kappa shape index (κ1) is 16.6. The zero-order valence-electron chi connectivity index (χ0n) is 14.1. The van der Waals surface area contributed by atoms with Crippen molar-refractivity contribution in [1.29, 1.82) is 0 Å². The Kier molecular flexibility index (Phi) is 3.94. The normalized spacial score (nSPS) is 22.8. The maximum Gasteiger partial charge on any atom is 0.319 e. The number of halogens is 2. The van der Waals surface area contributed by atoms with Crippen LogP contribution in [-0.4, -0.2) is 19.4 Å². The summed E-state index contributed by atoms with van der Waals surface area (Å²) in [5.74, 6) is 0.223. The molecule has 0 aromatic heterocycles. The molecule has 136 valence electrons. The number of hydrogen-bond acceptors (Lipinski definition) is 3. The Hall–Kier alpha value is -2.83. The number of carbonyl (C=O) groups excluding carboxylic acids is 1. The number of rotatable bonds is 4. The van der Waals surface area contributed by atoms with Crippen molar-refractivity contribution >= 4 is 11.7 Å². The van der Waals surface area contributed by atoms with Gasteiger partial charge in [-0.1, -0.05) is 13.0 Å². The molecule has 1 fully saturated rings. The molecule has 4 rings (SSSR count). The van der Waals surface area contributed by atoms with Gasteiger partial charge in [-0.25, -0.2) is 13.6 Å². The van der Waals surface area contributed by atoms with Gasteiger partial charge in [-0.3, -0.25) is 0 Å². The third-order valence-corrected chi connectivity index (χ3v) is 5.12. The summed E-state index contributed by atoms with van der Waals surface area (Å²) in [7, 11) is 0. The molecule has 2 atom stereocenters. The Balaban J connectivity index is 1.42. The van der Waals surface area contributed by atoms with Crippen molar-refractivity contribution in [3.05, 3.63) is 53.6 Å². The van der Waals surface area contributed by atoms with Gasteiger partial charge in [-0.05, 0) is 36.1 Å². The number of amides is 2. The fraction of sp³-hybridized carbons (Fsp3) is 0.316. The summed E-state index contributed by atoms with van der Waals surface area (Å²) >= 11 is 0. The van der Waals surface area contributed by atoms with E-state index in [4.69, 9.17) is 9.47 Å². The van der Waals surface area contributed by atoms with Crippen LogP contribution in [0.2, 0.25) is 0 Å². The van der Waals surface area contributed by atoms with Gasteiger partial charge in [0.15, 0.2) is 11.5 Å². The number of fused-ring (bicyclic) bond motifs is 1. The van der Waals surface area contributed by atoms with Crippen LogP contribution in [0.1, 0.15) is 18.9 Å². The molecule has 0 radical (unpaired) electrons. The molecule has 1 heterocycles. The Morgan fingerprint density at radius 3 is 2.69 bits per heavy atom. The zero-order chi connectivity index (χ0) is 18.3. The highest BCUT2D eigenvalue weighted by molar-refractivity contribution is 5.89. The van der Waals surface area contributed by atoms with Crippen LogP contribution >= 0.6 is 0 Å². The lowest BCUT2D eigenvalue weighted by Gasteiger charge is -2.19. The van der Waals surface area contributed by atoms with Crippen LogP contribution in [0.4, 0.5) is 19.3 Å². The molecule has 2 amide bonds. The van der Waals surface area contributed by atoms with Crippen LogP contribution < -0.4 is 20.1 Å². The van der Waals surface area contributed by atoms with E-state index in [2.05, 4.69) is 10.6 Å². The van der Waals surface area contributed by atoms with Gasteiger partial charge in [0.1, 0.15) is 11.6 Å². The number of hydrogen-bond donors (Lipinski definition) is 2. The van der Waals surface area contributed by atoms with Crippen LogP contribution in [0.5, 0.6) is 11.5 Å². The van der Waals surface area contributed by atoms with Gasteiger partial charge >= 0.3 is 6.03 Å². The summed E-state index contributed by atoms with van der Waals surface area (Å²) in [4.78, 5) is 12.2. The molecule has 2 aliphatic rings. The van der Waals surface area contributed by atoms with E-state index < -0.39 is 23.1 Å². The highest BCUT2D eigenvalue weighted by Crippen LogP contribution is 2.54.